The summed E-state index contributed by atoms with van der Waals surface area (Å²) in [7, 11) is 0. The molecule has 0 aliphatic carbocycles. The van der Waals surface area contributed by atoms with E-state index in [4.69, 9.17) is 29.9 Å². The molecule has 8 nitrogen and oxygen atoms in total. The second kappa shape index (κ2) is 15.3. The topological polar surface area (TPSA) is 87.2 Å². The number of rotatable bonds is 8. The first kappa shape index (κ1) is 36.7. The molecule has 0 atom stereocenters. The molecule has 294 valence electrons. The van der Waals surface area contributed by atoms with Crippen molar-refractivity contribution in [1.29, 1.82) is 0 Å². The number of para-hydroxylation sites is 2. The van der Waals surface area contributed by atoms with Gasteiger partial charge in [-0.25, -0.2) is 19.9 Å². The Balaban J connectivity index is 1.49. The van der Waals surface area contributed by atoms with Gasteiger partial charge in [0.05, 0.1) is 22.4 Å². The number of aryl methyl sites for hydroxylation is 2. The fourth-order valence-corrected chi connectivity index (χ4v) is 8.75. The van der Waals surface area contributed by atoms with Crippen molar-refractivity contribution in [3.63, 3.8) is 0 Å². The maximum Gasteiger partial charge on any atom is 0.178 e. The molecule has 0 unspecified atom stereocenters. The largest absolute Gasteiger partial charge is 0.291 e. The first-order valence-corrected chi connectivity index (χ1v) is 20.6. The molecule has 0 saturated heterocycles. The molecule has 62 heavy (non-hydrogen) atoms. The van der Waals surface area contributed by atoms with Crippen LogP contribution in [0.5, 0.6) is 0 Å². The van der Waals surface area contributed by atoms with Gasteiger partial charge in [0.2, 0.25) is 0 Å². The van der Waals surface area contributed by atoms with Gasteiger partial charge in [0.1, 0.15) is 11.6 Å². The SMILES string of the molecule is Cc1cccc(-c2c(-c3ccccn3)c(-c3ccccn3)c(-c3cccc(C)c3)c(-c3nc4ncccc4n3-c3ccccc3)c2-c2nc3ncccc3n2-c2ccccc2)c1. The second-order valence-corrected chi connectivity index (χ2v) is 15.3. The highest BCUT2D eigenvalue weighted by Gasteiger charge is 2.35. The fourth-order valence-electron chi connectivity index (χ4n) is 8.75. The number of hydrogen-bond donors (Lipinski definition) is 0. The smallest absolute Gasteiger partial charge is 0.178 e. The van der Waals surface area contributed by atoms with E-state index in [1.54, 1.807) is 12.4 Å². The third kappa shape index (κ3) is 6.24. The van der Waals surface area contributed by atoms with Gasteiger partial charge in [-0.1, -0.05) is 108 Å². The lowest BCUT2D eigenvalue weighted by Gasteiger charge is -2.28. The van der Waals surface area contributed by atoms with Gasteiger partial charge in [0.15, 0.2) is 11.3 Å². The van der Waals surface area contributed by atoms with Gasteiger partial charge in [-0.15, -0.1) is 0 Å². The van der Waals surface area contributed by atoms with E-state index in [-0.39, 0.29) is 0 Å². The van der Waals surface area contributed by atoms with Crippen molar-refractivity contribution in [2.24, 2.45) is 0 Å². The van der Waals surface area contributed by atoms with E-state index in [1.807, 2.05) is 60.9 Å². The molecular weight excluding hydrogens is 761 g/mol. The number of fused-ring (bicyclic) bond motifs is 2. The highest BCUT2D eigenvalue weighted by Crippen LogP contribution is 2.56. The van der Waals surface area contributed by atoms with E-state index in [1.165, 1.54) is 0 Å². The maximum absolute atomic E-state index is 5.56. The monoisotopic (exact) mass is 798 g/mol. The predicted molar refractivity (Wildman–Crippen MR) is 249 cm³/mol. The molecule has 0 saturated carbocycles. The van der Waals surface area contributed by atoms with Crippen LogP contribution in [0.25, 0.3) is 101 Å². The summed E-state index contributed by atoms with van der Waals surface area (Å²) in [5.74, 6) is 1.41. The van der Waals surface area contributed by atoms with Crippen LogP contribution in [0.15, 0.2) is 195 Å². The zero-order valence-corrected chi connectivity index (χ0v) is 34.1. The van der Waals surface area contributed by atoms with Gasteiger partial charge in [0.25, 0.3) is 0 Å². The molecule has 0 fully saturated rings. The minimum absolute atomic E-state index is 0.621. The lowest BCUT2D eigenvalue weighted by atomic mass is 9.78. The Labute approximate surface area is 358 Å². The van der Waals surface area contributed by atoms with E-state index in [2.05, 4.69) is 144 Å². The number of hydrogen-bond acceptors (Lipinski definition) is 6. The Morgan fingerprint density at radius 1 is 0.339 bits per heavy atom. The second-order valence-electron chi connectivity index (χ2n) is 15.3. The first-order chi connectivity index (χ1) is 30.6. The highest BCUT2D eigenvalue weighted by atomic mass is 15.1. The third-order valence-corrected chi connectivity index (χ3v) is 11.3. The van der Waals surface area contributed by atoms with Crippen LogP contribution >= 0.6 is 0 Å². The van der Waals surface area contributed by atoms with Gasteiger partial charge >= 0.3 is 0 Å². The minimum Gasteiger partial charge on any atom is -0.291 e. The number of imidazole rings is 2. The van der Waals surface area contributed by atoms with Crippen LogP contribution in [0.1, 0.15) is 11.1 Å². The van der Waals surface area contributed by atoms with E-state index >= 15 is 0 Å². The Morgan fingerprint density at radius 3 is 1.16 bits per heavy atom. The molecule has 0 aliphatic rings. The van der Waals surface area contributed by atoms with Crippen molar-refractivity contribution in [3.05, 3.63) is 206 Å². The molecule has 0 spiro atoms. The Kier molecular flexibility index (Phi) is 9.08. The van der Waals surface area contributed by atoms with Crippen LogP contribution in [-0.2, 0) is 0 Å². The van der Waals surface area contributed by atoms with Gasteiger partial charge in [-0.2, -0.15) is 0 Å². The van der Waals surface area contributed by atoms with Crippen LogP contribution in [0.3, 0.4) is 0 Å². The summed E-state index contributed by atoms with van der Waals surface area (Å²) in [5, 5.41) is 0. The summed E-state index contributed by atoms with van der Waals surface area (Å²) in [6, 6.07) is 58.5. The van der Waals surface area contributed by atoms with Crippen molar-refractivity contribution in [1.82, 2.24) is 39.0 Å². The van der Waals surface area contributed by atoms with Crippen LogP contribution in [0, 0.1) is 13.8 Å². The number of nitrogens with zero attached hydrogens (tertiary/aromatic N) is 8. The van der Waals surface area contributed by atoms with Crippen molar-refractivity contribution >= 4 is 22.3 Å². The Hall–Kier alpha value is -8.36. The summed E-state index contributed by atoms with van der Waals surface area (Å²) in [6.45, 7) is 4.27. The zero-order chi connectivity index (χ0) is 41.6. The molecule has 11 rings (SSSR count). The van der Waals surface area contributed by atoms with E-state index < -0.39 is 0 Å². The molecule has 5 aromatic carbocycles. The molecule has 0 aliphatic heterocycles. The van der Waals surface area contributed by atoms with Gasteiger partial charge < -0.3 is 0 Å². The molecule has 0 radical (unpaired) electrons. The van der Waals surface area contributed by atoms with Gasteiger partial charge in [0, 0.05) is 69.5 Å². The summed E-state index contributed by atoms with van der Waals surface area (Å²) in [6.07, 6.45) is 7.33. The van der Waals surface area contributed by atoms with E-state index in [0.29, 0.717) is 22.9 Å². The first-order valence-electron chi connectivity index (χ1n) is 20.6. The molecule has 0 N–H and O–H groups in total. The number of aromatic nitrogens is 8. The highest BCUT2D eigenvalue weighted by molar-refractivity contribution is 6.14. The van der Waals surface area contributed by atoms with Crippen molar-refractivity contribution < 1.29 is 0 Å². The van der Waals surface area contributed by atoms with E-state index in [9.17, 15) is 0 Å². The quantitative estimate of drug-likeness (QED) is 0.152. The van der Waals surface area contributed by atoms with Crippen LogP contribution in [0.4, 0.5) is 0 Å². The summed E-state index contributed by atoms with van der Waals surface area (Å²) >= 11 is 0. The average molecular weight is 799 g/mol. The zero-order valence-electron chi connectivity index (χ0n) is 34.1. The third-order valence-electron chi connectivity index (χ3n) is 11.3. The summed E-state index contributed by atoms with van der Waals surface area (Å²) in [4.78, 5) is 31.2. The van der Waals surface area contributed by atoms with Gasteiger partial charge in [-0.3, -0.25) is 19.1 Å². The van der Waals surface area contributed by atoms with Crippen molar-refractivity contribution in [2.45, 2.75) is 13.8 Å². The number of pyridine rings is 4. The van der Waals surface area contributed by atoms with E-state index in [0.717, 1.165) is 89.4 Å². The molecule has 11 aromatic rings. The van der Waals surface area contributed by atoms with Crippen molar-refractivity contribution in [3.8, 4) is 78.9 Å². The molecule has 0 amide bonds. The van der Waals surface area contributed by atoms with Gasteiger partial charge in [-0.05, 0) is 97.8 Å². The summed E-state index contributed by atoms with van der Waals surface area (Å²) < 4.78 is 4.47. The standard InChI is InChI=1S/C54H38N8/c1-35-17-13-19-37(33-35)45-47(41-25-9-11-29-55-41)48(42-26-10-12-30-56-42)46(38-20-14-18-36(2)34-38)50(54-60-52-44(28-16-32-58-52)62(54)40-23-7-4-8-24-40)49(45)53-59-51-43(27-15-31-57-51)61(53)39-21-5-3-6-22-39/h3-34H,1-2H3. The Morgan fingerprint density at radius 2 is 0.758 bits per heavy atom. The van der Waals surface area contributed by atoms with Crippen LogP contribution < -0.4 is 0 Å². The predicted octanol–water partition coefficient (Wildman–Crippen LogP) is 12.6. The maximum atomic E-state index is 5.56. The normalized spacial score (nSPS) is 11.4. The van der Waals surface area contributed by atoms with Crippen molar-refractivity contribution in [2.75, 3.05) is 0 Å². The summed E-state index contributed by atoms with van der Waals surface area (Å²) in [5.41, 5.74) is 16.1. The van der Waals surface area contributed by atoms with Crippen LogP contribution in [0.2, 0.25) is 0 Å². The fraction of sp³-hybridized carbons (Fsp3) is 0.0370. The molecule has 0 bridgehead atoms. The Bertz CT molecular complexity index is 3180. The average Bonchev–Trinajstić information content (AvgIpc) is 3.91. The van der Waals surface area contributed by atoms with Crippen LogP contribution in [-0.4, -0.2) is 39.0 Å². The number of benzene rings is 5. The molecule has 6 aromatic heterocycles. The molecule has 6 heterocycles. The molecule has 8 heteroatoms. The minimum atomic E-state index is 0.621. The lowest BCUT2D eigenvalue weighted by molar-refractivity contribution is 1.08. The molecular formula is C54H38N8. The lowest BCUT2D eigenvalue weighted by Crippen LogP contribution is -2.09.